The van der Waals surface area contributed by atoms with E-state index in [2.05, 4.69) is 25.0 Å². The van der Waals surface area contributed by atoms with Crippen molar-refractivity contribution in [1.29, 1.82) is 0 Å². The standard InChI is InChI=1S/C23H24FN9O/c1-3-32-12-14(11-27-32)20-28-19-21(30(20)2)25-13-26-22(19)31-9-7-15(8-10-31)33-17-6-4-5-16(24)18(17)29-23(33)34/h4-6,11-13,15H,3,7-10H2,1-2H3,(H,29,34). The van der Waals surface area contributed by atoms with Gasteiger partial charge in [-0.3, -0.25) is 9.25 Å². The van der Waals surface area contributed by atoms with Gasteiger partial charge < -0.3 is 14.5 Å². The van der Waals surface area contributed by atoms with Gasteiger partial charge in [0, 0.05) is 38.9 Å². The van der Waals surface area contributed by atoms with E-state index in [0.717, 1.165) is 47.8 Å². The molecule has 1 aromatic carbocycles. The number of rotatable bonds is 4. The molecule has 0 unspecified atom stereocenters. The van der Waals surface area contributed by atoms with Gasteiger partial charge in [0.25, 0.3) is 0 Å². The van der Waals surface area contributed by atoms with E-state index in [1.807, 2.05) is 35.6 Å². The monoisotopic (exact) mass is 461 g/mol. The molecule has 10 nitrogen and oxygen atoms in total. The van der Waals surface area contributed by atoms with Gasteiger partial charge in [-0.1, -0.05) is 6.07 Å². The molecule has 0 spiro atoms. The van der Waals surface area contributed by atoms with Crippen LogP contribution >= 0.6 is 0 Å². The molecule has 1 N–H and O–H groups in total. The molecule has 0 atom stereocenters. The van der Waals surface area contributed by atoms with Crippen molar-refractivity contribution >= 4 is 28.0 Å². The number of aromatic nitrogens is 8. The molecule has 1 aliphatic rings. The first kappa shape index (κ1) is 20.6. The third-order valence-corrected chi connectivity index (χ3v) is 6.68. The molecule has 11 heteroatoms. The maximum absolute atomic E-state index is 14.1. The summed E-state index contributed by atoms with van der Waals surface area (Å²) in [6.07, 6.45) is 6.82. The summed E-state index contributed by atoms with van der Waals surface area (Å²) in [6, 6.07) is 4.76. The molecule has 0 saturated carbocycles. The summed E-state index contributed by atoms with van der Waals surface area (Å²) in [5.74, 6) is 1.16. The quantitative estimate of drug-likeness (QED) is 0.442. The number of para-hydroxylation sites is 1. The third-order valence-electron chi connectivity index (χ3n) is 6.68. The van der Waals surface area contributed by atoms with Crippen molar-refractivity contribution in [2.45, 2.75) is 32.4 Å². The van der Waals surface area contributed by atoms with Crippen LogP contribution in [0, 0.1) is 5.82 Å². The molecule has 1 saturated heterocycles. The first-order chi connectivity index (χ1) is 16.5. The summed E-state index contributed by atoms with van der Waals surface area (Å²) in [5, 5.41) is 4.36. The van der Waals surface area contributed by atoms with E-state index in [1.54, 1.807) is 23.0 Å². The smallest absolute Gasteiger partial charge is 0.326 e. The number of hydrogen-bond acceptors (Lipinski definition) is 6. The molecule has 34 heavy (non-hydrogen) atoms. The number of aryl methyl sites for hydroxylation is 2. The number of piperidine rings is 1. The minimum absolute atomic E-state index is 0.0178. The molecule has 6 rings (SSSR count). The van der Waals surface area contributed by atoms with Crippen molar-refractivity contribution in [2.75, 3.05) is 18.0 Å². The molecule has 1 aliphatic heterocycles. The number of aromatic amines is 1. The summed E-state index contributed by atoms with van der Waals surface area (Å²) in [4.78, 5) is 31.4. The fourth-order valence-corrected chi connectivity index (χ4v) is 4.94. The lowest BCUT2D eigenvalue weighted by atomic mass is 10.0. The van der Waals surface area contributed by atoms with Gasteiger partial charge in [0.1, 0.15) is 23.5 Å². The number of nitrogens with one attached hydrogen (secondary N) is 1. The SMILES string of the molecule is CCn1cc(-c2nc3c(N4CCC(n5c(=O)[nH]c6c(F)cccc65)CC4)ncnc3n2C)cn1. The zero-order valence-corrected chi connectivity index (χ0v) is 18.9. The fraction of sp³-hybridized carbons (Fsp3) is 0.348. The van der Waals surface area contributed by atoms with Crippen LogP contribution in [-0.2, 0) is 13.6 Å². The number of imidazole rings is 2. The van der Waals surface area contributed by atoms with E-state index in [1.165, 1.54) is 6.07 Å². The van der Waals surface area contributed by atoms with Crippen molar-refractivity contribution < 1.29 is 4.39 Å². The van der Waals surface area contributed by atoms with Gasteiger partial charge in [-0.05, 0) is 31.9 Å². The largest absolute Gasteiger partial charge is 0.355 e. The number of halogens is 1. The second-order valence-corrected chi connectivity index (χ2v) is 8.60. The summed E-state index contributed by atoms with van der Waals surface area (Å²) < 4.78 is 19.7. The Labute approximate surface area is 193 Å². The molecule has 1 fully saturated rings. The van der Waals surface area contributed by atoms with Gasteiger partial charge in [0.2, 0.25) is 0 Å². The molecular weight excluding hydrogens is 437 g/mol. The molecule has 174 valence electrons. The highest BCUT2D eigenvalue weighted by atomic mass is 19.1. The Kier molecular flexibility index (Phi) is 4.71. The lowest BCUT2D eigenvalue weighted by molar-refractivity contribution is 0.395. The Morgan fingerprint density at radius 2 is 2.03 bits per heavy atom. The summed E-state index contributed by atoms with van der Waals surface area (Å²) >= 11 is 0. The van der Waals surface area contributed by atoms with Crippen LogP contribution in [0.2, 0.25) is 0 Å². The van der Waals surface area contributed by atoms with E-state index < -0.39 is 5.82 Å². The van der Waals surface area contributed by atoms with Gasteiger partial charge in [0.05, 0.1) is 17.3 Å². The van der Waals surface area contributed by atoms with E-state index in [-0.39, 0.29) is 17.2 Å². The molecular formula is C23H24FN9O. The van der Waals surface area contributed by atoms with Gasteiger partial charge in [0.15, 0.2) is 17.0 Å². The predicted octanol–water partition coefficient (Wildman–Crippen LogP) is 2.87. The van der Waals surface area contributed by atoms with Gasteiger partial charge in [-0.2, -0.15) is 5.10 Å². The maximum atomic E-state index is 14.1. The maximum Gasteiger partial charge on any atom is 0.326 e. The Bertz CT molecular complexity index is 1570. The van der Waals surface area contributed by atoms with Gasteiger partial charge in [-0.15, -0.1) is 0 Å². The Morgan fingerprint density at radius 3 is 2.79 bits per heavy atom. The number of hydrogen-bond donors (Lipinski definition) is 1. The molecule has 5 heterocycles. The average Bonchev–Trinajstić information content (AvgIpc) is 3.55. The first-order valence-electron chi connectivity index (χ1n) is 11.4. The first-order valence-corrected chi connectivity index (χ1v) is 11.4. The Hall–Kier alpha value is -4.02. The highest BCUT2D eigenvalue weighted by molar-refractivity contribution is 5.86. The second-order valence-electron chi connectivity index (χ2n) is 8.60. The van der Waals surface area contributed by atoms with Crippen LogP contribution in [0.3, 0.4) is 0 Å². The van der Waals surface area contributed by atoms with Gasteiger partial charge >= 0.3 is 5.69 Å². The number of benzene rings is 1. The van der Waals surface area contributed by atoms with Gasteiger partial charge in [-0.25, -0.2) is 24.1 Å². The normalized spacial score (nSPS) is 15.1. The fourth-order valence-electron chi connectivity index (χ4n) is 4.94. The van der Waals surface area contributed by atoms with Crippen molar-refractivity contribution in [2.24, 2.45) is 7.05 Å². The zero-order valence-electron chi connectivity index (χ0n) is 18.9. The predicted molar refractivity (Wildman–Crippen MR) is 126 cm³/mol. The highest BCUT2D eigenvalue weighted by Crippen LogP contribution is 2.32. The van der Waals surface area contributed by atoms with Crippen molar-refractivity contribution in [3.8, 4) is 11.4 Å². The van der Waals surface area contributed by atoms with E-state index >= 15 is 0 Å². The third kappa shape index (κ3) is 3.11. The number of nitrogens with zero attached hydrogens (tertiary/aromatic N) is 8. The molecule has 0 amide bonds. The average molecular weight is 462 g/mol. The lowest BCUT2D eigenvalue weighted by Gasteiger charge is -2.33. The molecule has 4 aromatic heterocycles. The number of anilines is 1. The van der Waals surface area contributed by atoms with Crippen molar-refractivity contribution in [1.82, 2.24) is 38.9 Å². The van der Waals surface area contributed by atoms with Crippen molar-refractivity contribution in [3.63, 3.8) is 0 Å². The van der Waals surface area contributed by atoms with Crippen LogP contribution in [0.15, 0.2) is 41.7 Å². The number of H-pyrrole nitrogens is 1. The van der Waals surface area contributed by atoms with E-state index in [4.69, 9.17) is 4.98 Å². The van der Waals surface area contributed by atoms with Crippen LogP contribution in [0.4, 0.5) is 10.2 Å². The van der Waals surface area contributed by atoms with Crippen LogP contribution in [-0.4, -0.2) is 51.9 Å². The van der Waals surface area contributed by atoms with Crippen LogP contribution in [0.1, 0.15) is 25.8 Å². The second kappa shape index (κ2) is 7.79. The lowest BCUT2D eigenvalue weighted by Crippen LogP contribution is -2.37. The van der Waals surface area contributed by atoms with E-state index in [9.17, 15) is 9.18 Å². The van der Waals surface area contributed by atoms with Crippen LogP contribution < -0.4 is 10.6 Å². The summed E-state index contributed by atoms with van der Waals surface area (Å²) in [6.45, 7) is 4.23. The Balaban J connectivity index is 1.31. The number of fused-ring (bicyclic) bond motifs is 2. The Morgan fingerprint density at radius 1 is 1.21 bits per heavy atom. The van der Waals surface area contributed by atoms with Crippen molar-refractivity contribution in [3.05, 3.63) is 53.2 Å². The highest BCUT2D eigenvalue weighted by Gasteiger charge is 2.27. The molecule has 0 aliphatic carbocycles. The summed E-state index contributed by atoms with van der Waals surface area (Å²) in [7, 11) is 1.94. The van der Waals surface area contributed by atoms with Crippen LogP contribution in [0.5, 0.6) is 0 Å². The minimum atomic E-state index is -0.412. The topological polar surface area (TPSA) is 102 Å². The minimum Gasteiger partial charge on any atom is -0.355 e. The van der Waals surface area contributed by atoms with E-state index in [0.29, 0.717) is 18.6 Å². The molecule has 0 radical (unpaired) electrons. The zero-order chi connectivity index (χ0) is 23.4. The molecule has 0 bridgehead atoms. The summed E-state index contributed by atoms with van der Waals surface area (Å²) in [5.41, 5.74) is 3.03. The molecule has 5 aromatic rings. The van der Waals surface area contributed by atoms with Crippen LogP contribution in [0.25, 0.3) is 33.6 Å².